The Balaban J connectivity index is 3.07. The number of pyridine rings is 1. The first-order chi connectivity index (χ1) is 8.40. The third-order valence-corrected chi connectivity index (χ3v) is 4.99. The fraction of sp³-hybridized carbons (Fsp3) is 0.500. The van der Waals surface area contributed by atoms with Crippen LogP contribution in [0.1, 0.15) is 6.92 Å². The minimum atomic E-state index is -3.57. The average molecular weight is 354 g/mol. The molecular formula is C10H16BrN3O2S2. The van der Waals surface area contributed by atoms with Crippen molar-refractivity contribution in [3.8, 4) is 0 Å². The number of sulfonamides is 1. The van der Waals surface area contributed by atoms with Gasteiger partial charge in [-0.3, -0.25) is 0 Å². The summed E-state index contributed by atoms with van der Waals surface area (Å²) in [4.78, 5) is 4.18. The minimum absolute atomic E-state index is 0.131. The highest BCUT2D eigenvalue weighted by Crippen LogP contribution is 2.22. The molecule has 0 saturated heterocycles. The second kappa shape index (κ2) is 6.74. The van der Waals surface area contributed by atoms with E-state index in [4.69, 9.17) is 0 Å². The van der Waals surface area contributed by atoms with Crippen molar-refractivity contribution in [2.24, 2.45) is 0 Å². The topological polar surface area (TPSA) is 71.1 Å². The molecule has 1 atom stereocenters. The molecule has 1 unspecified atom stereocenters. The standard InChI is InChI=1S/C10H16BrN3O2S2/c1-7(6-17-3)14-18(15,16)9-4-8(11)5-13-10(9)12-2/h4-5,7,14H,6H2,1-3H3,(H,12,13). The molecule has 0 aliphatic heterocycles. The van der Waals surface area contributed by atoms with Crippen molar-refractivity contribution in [3.05, 3.63) is 16.7 Å². The lowest BCUT2D eigenvalue weighted by Gasteiger charge is -2.15. The number of aromatic nitrogens is 1. The second-order valence-corrected chi connectivity index (χ2v) is 7.24. The summed E-state index contributed by atoms with van der Waals surface area (Å²) in [6, 6.07) is 1.40. The Morgan fingerprint density at radius 3 is 2.78 bits per heavy atom. The molecule has 1 heterocycles. The summed E-state index contributed by atoms with van der Waals surface area (Å²) in [6.07, 6.45) is 3.49. The maximum absolute atomic E-state index is 12.2. The highest BCUT2D eigenvalue weighted by Gasteiger charge is 2.21. The Kier molecular flexibility index (Phi) is 5.90. The van der Waals surface area contributed by atoms with E-state index in [1.165, 1.54) is 6.07 Å². The lowest BCUT2D eigenvalue weighted by atomic mass is 10.4. The largest absolute Gasteiger partial charge is 0.372 e. The van der Waals surface area contributed by atoms with Crippen molar-refractivity contribution >= 4 is 43.5 Å². The zero-order chi connectivity index (χ0) is 13.8. The fourth-order valence-corrected chi connectivity index (χ4v) is 4.03. The van der Waals surface area contributed by atoms with Crippen LogP contribution in [0.4, 0.5) is 5.82 Å². The quantitative estimate of drug-likeness (QED) is 0.817. The van der Waals surface area contributed by atoms with E-state index in [0.29, 0.717) is 10.3 Å². The fourth-order valence-electron chi connectivity index (χ4n) is 1.43. The van der Waals surface area contributed by atoms with E-state index in [1.807, 2.05) is 13.2 Å². The van der Waals surface area contributed by atoms with E-state index in [0.717, 1.165) is 5.75 Å². The van der Waals surface area contributed by atoms with Gasteiger partial charge in [0.25, 0.3) is 0 Å². The second-order valence-electron chi connectivity index (χ2n) is 3.73. The Labute approximate surface area is 120 Å². The number of thioether (sulfide) groups is 1. The monoisotopic (exact) mass is 353 g/mol. The van der Waals surface area contributed by atoms with E-state index in [1.54, 1.807) is 25.0 Å². The molecule has 0 aromatic carbocycles. The van der Waals surface area contributed by atoms with Crippen LogP contribution in [0.15, 0.2) is 21.6 Å². The Hall–Kier alpha value is -0.310. The smallest absolute Gasteiger partial charge is 0.244 e. The highest BCUT2D eigenvalue weighted by atomic mass is 79.9. The molecule has 0 spiro atoms. The molecule has 0 saturated carbocycles. The number of hydrogen-bond acceptors (Lipinski definition) is 5. The first-order valence-corrected chi connectivity index (χ1v) is 8.92. The Morgan fingerprint density at radius 1 is 1.56 bits per heavy atom. The van der Waals surface area contributed by atoms with Gasteiger partial charge in [0, 0.05) is 29.5 Å². The third-order valence-electron chi connectivity index (χ3n) is 2.12. The van der Waals surface area contributed by atoms with Crippen LogP contribution in [-0.4, -0.2) is 38.5 Å². The molecule has 0 fully saturated rings. The Morgan fingerprint density at radius 2 is 2.22 bits per heavy atom. The average Bonchev–Trinajstić information content (AvgIpc) is 2.28. The van der Waals surface area contributed by atoms with Crippen molar-refractivity contribution in [2.75, 3.05) is 24.4 Å². The molecule has 0 aliphatic carbocycles. The van der Waals surface area contributed by atoms with Crippen molar-refractivity contribution in [3.63, 3.8) is 0 Å². The maximum Gasteiger partial charge on any atom is 0.244 e. The Bertz CT molecular complexity index is 508. The van der Waals surface area contributed by atoms with Crippen LogP contribution >= 0.6 is 27.7 Å². The van der Waals surface area contributed by atoms with Crippen molar-refractivity contribution in [1.29, 1.82) is 0 Å². The third kappa shape index (κ3) is 4.11. The summed E-state index contributed by atoms with van der Waals surface area (Å²) in [5.74, 6) is 1.05. The van der Waals surface area contributed by atoms with Crippen molar-refractivity contribution < 1.29 is 8.42 Å². The molecule has 0 aliphatic rings. The lowest BCUT2D eigenvalue weighted by molar-refractivity contribution is 0.571. The lowest BCUT2D eigenvalue weighted by Crippen LogP contribution is -2.34. The summed E-state index contributed by atoms with van der Waals surface area (Å²) < 4.78 is 27.7. The van der Waals surface area contributed by atoms with Crippen LogP contribution < -0.4 is 10.0 Å². The first kappa shape index (κ1) is 15.7. The van der Waals surface area contributed by atoms with Crippen molar-refractivity contribution in [2.45, 2.75) is 17.9 Å². The molecular weight excluding hydrogens is 338 g/mol. The number of rotatable bonds is 6. The van der Waals surface area contributed by atoms with Crippen LogP contribution in [0.2, 0.25) is 0 Å². The van der Waals surface area contributed by atoms with Crippen LogP contribution in [0, 0.1) is 0 Å². The minimum Gasteiger partial charge on any atom is -0.372 e. The van der Waals surface area contributed by atoms with Crippen LogP contribution in [0.25, 0.3) is 0 Å². The number of nitrogens with one attached hydrogen (secondary N) is 2. The van der Waals surface area contributed by atoms with Crippen LogP contribution in [0.5, 0.6) is 0 Å². The van der Waals surface area contributed by atoms with Gasteiger partial charge >= 0.3 is 0 Å². The van der Waals surface area contributed by atoms with Crippen molar-refractivity contribution in [1.82, 2.24) is 9.71 Å². The maximum atomic E-state index is 12.2. The summed E-state index contributed by atoms with van der Waals surface area (Å²) >= 11 is 4.82. The molecule has 1 aromatic heterocycles. The summed E-state index contributed by atoms with van der Waals surface area (Å²) in [5.41, 5.74) is 0. The van der Waals surface area contributed by atoms with E-state index in [2.05, 4.69) is 31.0 Å². The molecule has 8 heteroatoms. The zero-order valence-electron chi connectivity index (χ0n) is 10.4. The van der Waals surface area contributed by atoms with Gasteiger partial charge in [-0.05, 0) is 35.2 Å². The predicted octanol–water partition coefficient (Wildman–Crippen LogP) is 1.92. The molecule has 102 valence electrons. The number of hydrogen-bond donors (Lipinski definition) is 2. The van der Waals surface area contributed by atoms with Gasteiger partial charge in [-0.1, -0.05) is 0 Å². The number of nitrogens with zero attached hydrogens (tertiary/aromatic N) is 1. The highest BCUT2D eigenvalue weighted by molar-refractivity contribution is 9.10. The number of anilines is 1. The van der Waals surface area contributed by atoms with Gasteiger partial charge in [0.1, 0.15) is 10.7 Å². The molecule has 1 rings (SSSR count). The zero-order valence-corrected chi connectivity index (χ0v) is 13.6. The SMILES string of the molecule is CNc1ncc(Br)cc1S(=O)(=O)NC(C)CSC. The van der Waals surface area contributed by atoms with Gasteiger partial charge in [0.15, 0.2) is 0 Å². The van der Waals surface area contributed by atoms with Gasteiger partial charge in [-0.15, -0.1) is 0 Å². The van der Waals surface area contributed by atoms with E-state index in [9.17, 15) is 8.42 Å². The number of halogens is 1. The molecule has 0 bridgehead atoms. The first-order valence-electron chi connectivity index (χ1n) is 5.25. The van der Waals surface area contributed by atoms with Gasteiger partial charge in [-0.2, -0.15) is 11.8 Å². The van der Waals surface area contributed by atoms with E-state index in [-0.39, 0.29) is 10.9 Å². The van der Waals surface area contributed by atoms with Crippen LogP contribution in [0.3, 0.4) is 0 Å². The summed E-state index contributed by atoms with van der Waals surface area (Å²) in [5, 5.41) is 2.78. The van der Waals surface area contributed by atoms with Gasteiger partial charge in [-0.25, -0.2) is 18.1 Å². The van der Waals surface area contributed by atoms with Gasteiger partial charge in [0.2, 0.25) is 10.0 Å². The van der Waals surface area contributed by atoms with E-state index >= 15 is 0 Å². The molecule has 2 N–H and O–H groups in total. The summed E-state index contributed by atoms with van der Waals surface area (Å²) in [6.45, 7) is 1.83. The molecule has 5 nitrogen and oxygen atoms in total. The molecule has 1 aromatic rings. The molecule has 0 amide bonds. The molecule has 0 radical (unpaired) electrons. The predicted molar refractivity (Wildman–Crippen MR) is 79.6 cm³/mol. The normalized spacial score (nSPS) is 13.3. The van der Waals surface area contributed by atoms with Gasteiger partial charge < -0.3 is 5.32 Å². The summed E-state index contributed by atoms with van der Waals surface area (Å²) in [7, 11) is -1.93. The van der Waals surface area contributed by atoms with Crippen LogP contribution in [-0.2, 0) is 10.0 Å². The van der Waals surface area contributed by atoms with Gasteiger partial charge in [0.05, 0.1) is 0 Å². The van der Waals surface area contributed by atoms with E-state index < -0.39 is 10.0 Å². The molecule has 18 heavy (non-hydrogen) atoms.